The Morgan fingerprint density at radius 3 is 2.36 bits per heavy atom. The Morgan fingerprint density at radius 2 is 1.79 bits per heavy atom. The van der Waals surface area contributed by atoms with E-state index in [0.717, 1.165) is 0 Å². The topological polar surface area (TPSA) is 42.9 Å². The zero-order valence-corrected chi connectivity index (χ0v) is 7.74. The monoisotopic (exact) mass is 194 g/mol. The number of hydrogen-bond donors (Lipinski definition) is 0. The molecule has 1 aliphatic carbocycles. The summed E-state index contributed by atoms with van der Waals surface area (Å²) in [6.45, 7) is 0. The molecule has 3 nitrogen and oxygen atoms in total. The van der Waals surface area contributed by atoms with E-state index in [4.69, 9.17) is 0 Å². The Bertz CT molecular complexity index is 329. The number of halogens is 1. The molecule has 1 heterocycles. The van der Waals surface area contributed by atoms with Gasteiger partial charge in [0.2, 0.25) is 0 Å². The van der Waals surface area contributed by atoms with Gasteiger partial charge >= 0.3 is 0 Å². The van der Waals surface area contributed by atoms with Crippen LogP contribution in [0.1, 0.15) is 31.5 Å². The molecule has 0 bridgehead atoms. The van der Waals surface area contributed by atoms with Crippen molar-refractivity contribution in [1.29, 1.82) is 0 Å². The summed E-state index contributed by atoms with van der Waals surface area (Å²) < 4.78 is 14.2. The second-order valence-electron chi connectivity index (χ2n) is 3.58. The quantitative estimate of drug-likeness (QED) is 0.684. The zero-order valence-electron chi connectivity index (χ0n) is 7.74. The molecule has 2 rings (SSSR count). The molecule has 0 N–H and O–H groups in total. The fourth-order valence-electron chi connectivity index (χ4n) is 1.68. The minimum Gasteiger partial charge on any atom is -0.300 e. The Kier molecular flexibility index (Phi) is 2.27. The van der Waals surface area contributed by atoms with Crippen LogP contribution in [0, 0.1) is 0 Å². The number of alkyl halides is 1. The summed E-state index contributed by atoms with van der Waals surface area (Å²) >= 11 is 0. The van der Waals surface area contributed by atoms with Crippen molar-refractivity contribution in [3.8, 4) is 0 Å². The first-order valence-electron chi connectivity index (χ1n) is 4.69. The van der Waals surface area contributed by atoms with Crippen molar-refractivity contribution in [3.05, 3.63) is 24.3 Å². The normalized spacial score (nSPS) is 20.8. The Morgan fingerprint density at radius 1 is 1.21 bits per heavy atom. The molecule has 0 radical (unpaired) electrons. The molecule has 1 fully saturated rings. The first-order valence-corrected chi connectivity index (χ1v) is 4.69. The molecule has 1 aromatic rings. The molecule has 14 heavy (non-hydrogen) atoms. The third-order valence-corrected chi connectivity index (χ3v) is 2.57. The third kappa shape index (κ3) is 1.64. The summed E-state index contributed by atoms with van der Waals surface area (Å²) in [4.78, 5) is 18.8. The molecular weight excluding hydrogens is 183 g/mol. The molecule has 1 aromatic heterocycles. The molecule has 0 aliphatic heterocycles. The first-order chi connectivity index (χ1) is 6.71. The van der Waals surface area contributed by atoms with Gasteiger partial charge in [0.25, 0.3) is 0 Å². The number of aromatic nitrogens is 2. The van der Waals surface area contributed by atoms with E-state index < -0.39 is 5.67 Å². The highest BCUT2D eigenvalue weighted by atomic mass is 19.1. The van der Waals surface area contributed by atoms with Gasteiger partial charge in [-0.25, -0.2) is 14.4 Å². The van der Waals surface area contributed by atoms with Crippen molar-refractivity contribution in [1.82, 2.24) is 9.97 Å². The summed E-state index contributed by atoms with van der Waals surface area (Å²) in [6.07, 6.45) is 4.09. The second kappa shape index (κ2) is 3.44. The zero-order chi connectivity index (χ0) is 10.0. The summed E-state index contributed by atoms with van der Waals surface area (Å²) in [5.41, 5.74) is -1.49. The number of rotatable bonds is 1. The van der Waals surface area contributed by atoms with E-state index in [1.807, 2.05) is 0 Å². The van der Waals surface area contributed by atoms with Crippen molar-refractivity contribution in [2.75, 3.05) is 0 Å². The largest absolute Gasteiger partial charge is 0.300 e. The summed E-state index contributed by atoms with van der Waals surface area (Å²) in [5.74, 6) is 0.349. The Hall–Kier alpha value is -1.32. The summed E-state index contributed by atoms with van der Waals surface area (Å²) in [7, 11) is 0. The number of nitrogens with zero attached hydrogens (tertiary/aromatic N) is 2. The van der Waals surface area contributed by atoms with E-state index in [1.165, 1.54) is 12.4 Å². The lowest BCUT2D eigenvalue weighted by Gasteiger charge is -2.26. The average molecular weight is 194 g/mol. The average Bonchev–Trinajstić information content (AvgIpc) is 2.24. The molecule has 0 saturated heterocycles. The lowest BCUT2D eigenvalue weighted by atomic mass is 9.85. The van der Waals surface area contributed by atoms with E-state index >= 15 is 0 Å². The van der Waals surface area contributed by atoms with Gasteiger partial charge in [0, 0.05) is 25.2 Å². The van der Waals surface area contributed by atoms with Crippen LogP contribution in [0.15, 0.2) is 18.5 Å². The van der Waals surface area contributed by atoms with Gasteiger partial charge in [-0.1, -0.05) is 0 Å². The summed E-state index contributed by atoms with van der Waals surface area (Å²) in [5, 5.41) is 0. The van der Waals surface area contributed by atoms with Crippen LogP contribution in [0.4, 0.5) is 4.39 Å². The third-order valence-electron chi connectivity index (χ3n) is 2.57. The Balaban J connectivity index is 2.21. The van der Waals surface area contributed by atoms with Crippen LogP contribution in [-0.2, 0) is 10.5 Å². The SMILES string of the molecule is O=C1CCC(F)(c2ncccn2)CC1. The lowest BCUT2D eigenvalue weighted by molar-refractivity contribution is -0.123. The van der Waals surface area contributed by atoms with Crippen molar-refractivity contribution in [2.24, 2.45) is 0 Å². The van der Waals surface area contributed by atoms with E-state index in [2.05, 4.69) is 9.97 Å². The maximum Gasteiger partial charge on any atom is 0.170 e. The van der Waals surface area contributed by atoms with E-state index in [0.29, 0.717) is 12.8 Å². The maximum atomic E-state index is 14.2. The molecule has 0 amide bonds. The van der Waals surface area contributed by atoms with Crippen LogP contribution in [0.5, 0.6) is 0 Å². The molecule has 1 aliphatic rings. The van der Waals surface area contributed by atoms with Crippen LogP contribution in [0.25, 0.3) is 0 Å². The van der Waals surface area contributed by atoms with Gasteiger partial charge in [-0.05, 0) is 18.9 Å². The number of hydrogen-bond acceptors (Lipinski definition) is 3. The number of carbonyl (C=O) groups is 1. The smallest absolute Gasteiger partial charge is 0.170 e. The van der Waals surface area contributed by atoms with Gasteiger partial charge in [0.15, 0.2) is 11.5 Å². The van der Waals surface area contributed by atoms with Crippen molar-refractivity contribution in [2.45, 2.75) is 31.4 Å². The molecule has 1 saturated carbocycles. The van der Waals surface area contributed by atoms with Crippen LogP contribution >= 0.6 is 0 Å². The van der Waals surface area contributed by atoms with Crippen molar-refractivity contribution < 1.29 is 9.18 Å². The molecule has 0 spiro atoms. The van der Waals surface area contributed by atoms with Crippen LogP contribution in [0.3, 0.4) is 0 Å². The minimum absolute atomic E-state index is 0.134. The van der Waals surface area contributed by atoms with Gasteiger partial charge in [-0.15, -0.1) is 0 Å². The number of ketones is 1. The minimum atomic E-state index is -1.49. The second-order valence-corrected chi connectivity index (χ2v) is 3.58. The molecule has 74 valence electrons. The van der Waals surface area contributed by atoms with Crippen molar-refractivity contribution >= 4 is 5.78 Å². The number of carbonyl (C=O) groups excluding carboxylic acids is 1. The van der Waals surface area contributed by atoms with Gasteiger partial charge in [-0.2, -0.15) is 0 Å². The van der Waals surface area contributed by atoms with Gasteiger partial charge in [0.1, 0.15) is 5.78 Å². The van der Waals surface area contributed by atoms with Crippen molar-refractivity contribution in [3.63, 3.8) is 0 Å². The molecule has 4 heteroatoms. The maximum absolute atomic E-state index is 14.2. The van der Waals surface area contributed by atoms with Gasteiger partial charge in [0.05, 0.1) is 0 Å². The van der Waals surface area contributed by atoms with Crippen LogP contribution < -0.4 is 0 Å². The molecule has 0 atom stereocenters. The van der Waals surface area contributed by atoms with E-state index in [-0.39, 0.29) is 24.4 Å². The van der Waals surface area contributed by atoms with Gasteiger partial charge in [-0.3, -0.25) is 4.79 Å². The fraction of sp³-hybridized carbons (Fsp3) is 0.500. The predicted octanol–water partition coefficient (Wildman–Crippen LogP) is 1.78. The number of Topliss-reactive ketones (excluding diaryl/α,β-unsaturated/α-hetero) is 1. The lowest BCUT2D eigenvalue weighted by Crippen LogP contribution is -2.29. The van der Waals surface area contributed by atoms with E-state index in [1.54, 1.807) is 6.07 Å². The summed E-state index contributed by atoms with van der Waals surface area (Å²) in [6, 6.07) is 1.65. The van der Waals surface area contributed by atoms with E-state index in [9.17, 15) is 9.18 Å². The molecule has 0 unspecified atom stereocenters. The van der Waals surface area contributed by atoms with Gasteiger partial charge < -0.3 is 0 Å². The highest BCUT2D eigenvalue weighted by Gasteiger charge is 2.38. The molecule has 0 aromatic carbocycles. The van der Waals surface area contributed by atoms with Crippen LogP contribution in [0.2, 0.25) is 0 Å². The highest BCUT2D eigenvalue weighted by molar-refractivity contribution is 5.79. The standard InChI is InChI=1S/C10H11FN2O/c11-10(4-2-8(14)3-5-10)9-12-6-1-7-13-9/h1,6-7H,2-5H2. The Labute approximate surface area is 81.4 Å². The predicted molar refractivity (Wildman–Crippen MR) is 48.3 cm³/mol. The molecular formula is C10H11FN2O. The fourth-order valence-corrected chi connectivity index (χ4v) is 1.68. The first kappa shape index (κ1) is 9.24. The van der Waals surface area contributed by atoms with Crippen LogP contribution in [-0.4, -0.2) is 15.8 Å². The highest BCUT2D eigenvalue weighted by Crippen LogP contribution is 2.37.